The van der Waals surface area contributed by atoms with Crippen molar-refractivity contribution in [2.75, 3.05) is 13.7 Å². The summed E-state index contributed by atoms with van der Waals surface area (Å²) in [6, 6.07) is 4.88. The maximum atomic E-state index is 10.8. The first-order chi connectivity index (χ1) is 7.10. The van der Waals surface area contributed by atoms with Crippen molar-refractivity contribution >= 4 is 27.0 Å². The molecule has 6 heteroatoms. The van der Waals surface area contributed by atoms with E-state index < -0.39 is 22.9 Å². The molecule has 2 unspecified atom stereocenters. The van der Waals surface area contributed by atoms with Gasteiger partial charge < -0.3 is 14.4 Å². The van der Waals surface area contributed by atoms with Crippen molar-refractivity contribution in [2.45, 2.75) is 5.25 Å². The Balaban J connectivity index is 3.05. The lowest BCUT2D eigenvalue weighted by Gasteiger charge is -2.18. The molecule has 0 aliphatic rings. The maximum Gasteiger partial charge on any atom is 0.133 e. The summed E-state index contributed by atoms with van der Waals surface area (Å²) in [5.74, 6) is 0.618. The number of benzene rings is 1. The van der Waals surface area contributed by atoms with E-state index in [4.69, 9.17) is 9.84 Å². The lowest BCUT2D eigenvalue weighted by molar-refractivity contribution is 0.289. The van der Waals surface area contributed by atoms with Crippen molar-refractivity contribution in [3.63, 3.8) is 0 Å². The van der Waals surface area contributed by atoms with Crippen LogP contribution in [0, 0.1) is 0 Å². The number of aliphatic hydroxyl groups excluding tert-OH is 1. The molecule has 0 radical (unpaired) electrons. The first-order valence-corrected chi connectivity index (χ1v) is 6.05. The zero-order chi connectivity index (χ0) is 11.4. The molecular formula is C9H10BrO4S-. The predicted octanol–water partition coefficient (Wildman–Crippen LogP) is 1.37. The van der Waals surface area contributed by atoms with E-state index in [2.05, 4.69) is 15.9 Å². The minimum absolute atomic E-state index is 0.436. The Morgan fingerprint density at radius 2 is 2.33 bits per heavy atom. The summed E-state index contributed by atoms with van der Waals surface area (Å²) >= 11 is 0.913. The summed E-state index contributed by atoms with van der Waals surface area (Å²) in [6.45, 7) is -0.436. The minimum Gasteiger partial charge on any atom is -0.772 e. The third-order valence-electron chi connectivity index (χ3n) is 1.95. The predicted molar refractivity (Wildman–Crippen MR) is 59.4 cm³/mol. The van der Waals surface area contributed by atoms with E-state index in [0.29, 0.717) is 15.8 Å². The molecule has 0 saturated heterocycles. The van der Waals surface area contributed by atoms with E-state index in [1.807, 2.05) is 0 Å². The molecule has 0 spiro atoms. The summed E-state index contributed by atoms with van der Waals surface area (Å²) in [5.41, 5.74) is 0.526. The standard InChI is InChI=1S/C9H11BrO4S/c1-14-8-3-2-6(4-7(8)10)9(5-11)15(12)13/h2-4,9,11H,5H2,1H3,(H,12,13)/p-1. The Morgan fingerprint density at radius 1 is 1.67 bits per heavy atom. The van der Waals surface area contributed by atoms with Crippen molar-refractivity contribution < 1.29 is 18.6 Å². The number of ether oxygens (including phenoxy) is 1. The van der Waals surface area contributed by atoms with E-state index in [-0.39, 0.29) is 0 Å². The van der Waals surface area contributed by atoms with Gasteiger partial charge in [-0.05, 0) is 44.7 Å². The highest BCUT2D eigenvalue weighted by atomic mass is 79.9. The molecule has 15 heavy (non-hydrogen) atoms. The van der Waals surface area contributed by atoms with Crippen molar-refractivity contribution in [3.05, 3.63) is 28.2 Å². The zero-order valence-corrected chi connectivity index (χ0v) is 10.4. The lowest BCUT2D eigenvalue weighted by atomic mass is 10.1. The summed E-state index contributed by atoms with van der Waals surface area (Å²) < 4.78 is 27.2. The van der Waals surface area contributed by atoms with Gasteiger partial charge in [0.2, 0.25) is 0 Å². The van der Waals surface area contributed by atoms with Crippen molar-refractivity contribution in [2.24, 2.45) is 0 Å². The van der Waals surface area contributed by atoms with Gasteiger partial charge in [0.15, 0.2) is 0 Å². The molecule has 0 aliphatic heterocycles. The summed E-state index contributed by atoms with van der Waals surface area (Å²) in [4.78, 5) is 0. The van der Waals surface area contributed by atoms with Gasteiger partial charge in [-0.1, -0.05) is 6.07 Å². The van der Waals surface area contributed by atoms with E-state index in [1.165, 1.54) is 7.11 Å². The molecule has 0 fully saturated rings. The second kappa shape index (κ2) is 5.60. The van der Waals surface area contributed by atoms with Gasteiger partial charge in [0.25, 0.3) is 0 Å². The number of rotatable bonds is 4. The first-order valence-electron chi connectivity index (χ1n) is 4.12. The van der Waals surface area contributed by atoms with Crippen LogP contribution < -0.4 is 4.74 Å². The molecule has 0 heterocycles. The molecule has 1 N–H and O–H groups in total. The van der Waals surface area contributed by atoms with Crippen molar-refractivity contribution in [1.82, 2.24) is 0 Å². The topological polar surface area (TPSA) is 69.6 Å². The largest absolute Gasteiger partial charge is 0.772 e. The van der Waals surface area contributed by atoms with Gasteiger partial charge in [-0.3, -0.25) is 4.21 Å². The third-order valence-corrected chi connectivity index (χ3v) is 3.45. The van der Waals surface area contributed by atoms with Crippen LogP contribution in [0.1, 0.15) is 10.8 Å². The zero-order valence-electron chi connectivity index (χ0n) is 7.97. The van der Waals surface area contributed by atoms with Gasteiger partial charge in [0.1, 0.15) is 5.75 Å². The van der Waals surface area contributed by atoms with Gasteiger partial charge in [0.05, 0.1) is 23.4 Å². The third kappa shape index (κ3) is 3.01. The maximum absolute atomic E-state index is 10.8. The molecule has 1 aromatic carbocycles. The van der Waals surface area contributed by atoms with E-state index in [9.17, 15) is 8.76 Å². The van der Waals surface area contributed by atoms with E-state index in [0.717, 1.165) is 0 Å². The molecule has 0 aliphatic carbocycles. The smallest absolute Gasteiger partial charge is 0.133 e. The number of methoxy groups -OCH3 is 1. The summed E-state index contributed by atoms with van der Waals surface area (Å²) in [5, 5.41) is 8.03. The van der Waals surface area contributed by atoms with Crippen LogP contribution in [-0.4, -0.2) is 27.6 Å². The van der Waals surface area contributed by atoms with Gasteiger partial charge >= 0.3 is 0 Å². The summed E-state index contributed by atoms with van der Waals surface area (Å²) in [6.07, 6.45) is 0. The van der Waals surface area contributed by atoms with Gasteiger partial charge in [-0.15, -0.1) is 0 Å². The molecular weight excluding hydrogens is 284 g/mol. The molecule has 0 bridgehead atoms. The second-order valence-corrected chi connectivity index (χ2v) is 4.77. The molecule has 0 aromatic heterocycles. The summed E-state index contributed by atoms with van der Waals surface area (Å²) in [7, 11) is 1.52. The van der Waals surface area contributed by atoms with Gasteiger partial charge in [0, 0.05) is 0 Å². The fourth-order valence-corrected chi connectivity index (χ4v) is 2.21. The fraction of sp³-hybridized carbons (Fsp3) is 0.333. The molecule has 0 saturated carbocycles. The number of aliphatic hydroxyl groups is 1. The average molecular weight is 294 g/mol. The highest BCUT2D eigenvalue weighted by Gasteiger charge is 2.12. The minimum atomic E-state index is -2.33. The second-order valence-electron chi connectivity index (χ2n) is 2.83. The molecule has 1 aromatic rings. The van der Waals surface area contributed by atoms with Crippen LogP contribution >= 0.6 is 15.9 Å². The molecule has 0 amide bonds. The molecule has 84 valence electrons. The van der Waals surface area contributed by atoms with E-state index >= 15 is 0 Å². The van der Waals surface area contributed by atoms with Crippen LogP contribution in [0.15, 0.2) is 22.7 Å². The van der Waals surface area contributed by atoms with Crippen LogP contribution in [0.25, 0.3) is 0 Å². The highest BCUT2D eigenvalue weighted by molar-refractivity contribution is 9.10. The van der Waals surface area contributed by atoms with Crippen LogP contribution in [0.3, 0.4) is 0 Å². The average Bonchev–Trinajstić information content (AvgIpc) is 2.18. The Hall–Kier alpha value is -0.430. The van der Waals surface area contributed by atoms with Crippen LogP contribution in [0.5, 0.6) is 5.75 Å². The fourth-order valence-electron chi connectivity index (χ4n) is 1.16. The van der Waals surface area contributed by atoms with Crippen LogP contribution in [0.4, 0.5) is 0 Å². The Bertz CT molecular complexity index is 369. The van der Waals surface area contributed by atoms with Crippen molar-refractivity contribution in [3.8, 4) is 5.75 Å². The SMILES string of the molecule is COc1ccc(C(CO)S(=O)[O-])cc1Br. The molecule has 1 rings (SSSR count). The number of halogens is 1. The Morgan fingerprint density at radius 3 is 2.73 bits per heavy atom. The Kier molecular flexibility index (Phi) is 4.72. The van der Waals surface area contributed by atoms with Gasteiger partial charge in [-0.25, -0.2) is 0 Å². The van der Waals surface area contributed by atoms with Gasteiger partial charge in [-0.2, -0.15) is 0 Å². The monoisotopic (exact) mass is 293 g/mol. The molecule has 4 nitrogen and oxygen atoms in total. The molecule has 2 atom stereocenters. The van der Waals surface area contributed by atoms with Crippen LogP contribution in [-0.2, 0) is 11.1 Å². The van der Waals surface area contributed by atoms with E-state index in [1.54, 1.807) is 18.2 Å². The number of hydrogen-bond acceptors (Lipinski definition) is 4. The quantitative estimate of drug-likeness (QED) is 0.852. The number of hydrogen-bond donors (Lipinski definition) is 1. The first kappa shape index (κ1) is 12.6. The van der Waals surface area contributed by atoms with Crippen LogP contribution in [0.2, 0.25) is 0 Å². The normalized spacial score (nSPS) is 14.7. The lowest BCUT2D eigenvalue weighted by Crippen LogP contribution is -2.10. The van der Waals surface area contributed by atoms with Crippen molar-refractivity contribution in [1.29, 1.82) is 0 Å². The Labute approximate surface area is 98.7 Å². The highest BCUT2D eigenvalue weighted by Crippen LogP contribution is 2.29.